The number of carbonyl (C=O) groups excluding carboxylic acids is 1. The van der Waals surface area contributed by atoms with E-state index >= 15 is 0 Å². The quantitative estimate of drug-likeness (QED) is 0.853. The van der Waals surface area contributed by atoms with Crippen LogP contribution in [-0.2, 0) is 4.74 Å². The van der Waals surface area contributed by atoms with E-state index in [4.69, 9.17) is 16.3 Å². The van der Waals surface area contributed by atoms with Gasteiger partial charge in [0.15, 0.2) is 0 Å². The molecule has 1 aliphatic carbocycles. The van der Waals surface area contributed by atoms with E-state index in [0.717, 1.165) is 25.9 Å². The van der Waals surface area contributed by atoms with Gasteiger partial charge in [-0.1, -0.05) is 11.6 Å². The zero-order valence-electron chi connectivity index (χ0n) is 11.4. The number of carbonyl (C=O) groups is 1. The van der Waals surface area contributed by atoms with Crippen LogP contribution in [-0.4, -0.2) is 42.2 Å². The predicted octanol–water partition coefficient (Wildman–Crippen LogP) is 2.62. The van der Waals surface area contributed by atoms with Crippen molar-refractivity contribution in [3.63, 3.8) is 0 Å². The summed E-state index contributed by atoms with van der Waals surface area (Å²) in [4.78, 5) is 18.1. The maximum atomic E-state index is 12.3. The number of pyridine rings is 1. The van der Waals surface area contributed by atoms with Gasteiger partial charge in [-0.2, -0.15) is 0 Å². The van der Waals surface area contributed by atoms with Crippen molar-refractivity contribution in [2.45, 2.75) is 18.9 Å². The highest BCUT2D eigenvalue weighted by molar-refractivity contribution is 6.29. The molecule has 108 valence electrons. The highest BCUT2D eigenvalue weighted by atomic mass is 35.5. The number of piperidine rings is 1. The van der Waals surface area contributed by atoms with Crippen LogP contribution in [0.1, 0.15) is 12.8 Å². The molecule has 1 unspecified atom stereocenters. The largest absolute Gasteiger partial charge is 0.381 e. The minimum absolute atomic E-state index is 0.0689. The van der Waals surface area contributed by atoms with E-state index < -0.39 is 0 Å². The van der Waals surface area contributed by atoms with Crippen molar-refractivity contribution < 1.29 is 9.53 Å². The molecular formula is C14H18ClN3O2. The van der Waals surface area contributed by atoms with Gasteiger partial charge >= 0.3 is 6.03 Å². The van der Waals surface area contributed by atoms with Gasteiger partial charge in [-0.25, -0.2) is 9.78 Å². The minimum atomic E-state index is -0.0689. The summed E-state index contributed by atoms with van der Waals surface area (Å²) in [5.74, 6) is 0.931. The first kappa shape index (κ1) is 13.6. The van der Waals surface area contributed by atoms with Gasteiger partial charge < -0.3 is 15.0 Å². The lowest BCUT2D eigenvalue weighted by Crippen LogP contribution is -2.49. The SMILES string of the molecule is COC1[C@@H]2CC[C@H]1CN(C(=O)Nc1ccc(Cl)nc1)C2. The molecule has 3 rings (SSSR count). The molecule has 5 nitrogen and oxygen atoms in total. The van der Waals surface area contributed by atoms with E-state index in [9.17, 15) is 4.79 Å². The van der Waals surface area contributed by atoms with Crippen LogP contribution < -0.4 is 5.32 Å². The van der Waals surface area contributed by atoms with Gasteiger partial charge in [0.25, 0.3) is 0 Å². The highest BCUT2D eigenvalue weighted by Gasteiger charge is 2.43. The second-order valence-electron chi connectivity index (χ2n) is 5.50. The average Bonchev–Trinajstić information content (AvgIpc) is 2.69. The van der Waals surface area contributed by atoms with Gasteiger partial charge in [0.2, 0.25) is 0 Å². The van der Waals surface area contributed by atoms with E-state index in [-0.39, 0.29) is 6.03 Å². The average molecular weight is 296 g/mol. The second kappa shape index (κ2) is 5.58. The van der Waals surface area contributed by atoms with Crippen LogP contribution >= 0.6 is 11.6 Å². The summed E-state index contributed by atoms with van der Waals surface area (Å²) in [7, 11) is 1.77. The van der Waals surface area contributed by atoms with Gasteiger partial charge in [0, 0.05) is 32.0 Å². The van der Waals surface area contributed by atoms with Gasteiger partial charge in [-0.05, 0) is 25.0 Å². The van der Waals surface area contributed by atoms with Crippen molar-refractivity contribution in [2.24, 2.45) is 11.8 Å². The number of hydrogen-bond donors (Lipinski definition) is 1. The van der Waals surface area contributed by atoms with Gasteiger partial charge in [-0.3, -0.25) is 0 Å². The molecule has 1 N–H and O–H groups in total. The molecule has 0 radical (unpaired) electrons. The summed E-state index contributed by atoms with van der Waals surface area (Å²) in [6, 6.07) is 3.35. The number of anilines is 1. The Morgan fingerprint density at radius 1 is 1.40 bits per heavy atom. The lowest BCUT2D eigenvalue weighted by Gasteiger charge is -2.37. The van der Waals surface area contributed by atoms with E-state index in [2.05, 4.69) is 10.3 Å². The van der Waals surface area contributed by atoms with Crippen LogP contribution in [0.4, 0.5) is 10.5 Å². The molecule has 2 heterocycles. The Kier molecular flexibility index (Phi) is 3.81. The molecule has 2 amide bonds. The molecule has 6 heteroatoms. The normalized spacial score (nSPS) is 28.5. The molecule has 2 aliphatic rings. The topological polar surface area (TPSA) is 54.5 Å². The van der Waals surface area contributed by atoms with E-state index in [1.807, 2.05) is 4.90 Å². The van der Waals surface area contributed by atoms with Crippen LogP contribution in [0.15, 0.2) is 18.3 Å². The molecule has 2 fully saturated rings. The van der Waals surface area contributed by atoms with Crippen molar-refractivity contribution in [3.8, 4) is 0 Å². The molecule has 0 spiro atoms. The fourth-order valence-corrected chi connectivity index (χ4v) is 3.49. The van der Waals surface area contributed by atoms with Crippen LogP contribution in [0.2, 0.25) is 5.15 Å². The lowest BCUT2D eigenvalue weighted by molar-refractivity contribution is -0.00364. The number of aromatic nitrogens is 1. The monoisotopic (exact) mass is 295 g/mol. The fraction of sp³-hybridized carbons (Fsp3) is 0.571. The van der Waals surface area contributed by atoms with Crippen molar-refractivity contribution in [3.05, 3.63) is 23.5 Å². The zero-order valence-corrected chi connectivity index (χ0v) is 12.1. The Morgan fingerprint density at radius 2 is 2.10 bits per heavy atom. The zero-order chi connectivity index (χ0) is 14.1. The number of nitrogens with one attached hydrogen (secondary N) is 1. The van der Waals surface area contributed by atoms with Crippen LogP contribution in [0.3, 0.4) is 0 Å². The van der Waals surface area contributed by atoms with Crippen molar-refractivity contribution in [1.29, 1.82) is 0 Å². The molecule has 20 heavy (non-hydrogen) atoms. The molecule has 1 aliphatic heterocycles. The lowest BCUT2D eigenvalue weighted by atomic mass is 9.95. The second-order valence-corrected chi connectivity index (χ2v) is 5.89. The number of halogens is 1. The fourth-order valence-electron chi connectivity index (χ4n) is 3.38. The Balaban J connectivity index is 1.63. The Morgan fingerprint density at radius 3 is 2.65 bits per heavy atom. The summed E-state index contributed by atoms with van der Waals surface area (Å²) < 4.78 is 5.55. The number of ether oxygens (including phenoxy) is 1. The number of hydrogen-bond acceptors (Lipinski definition) is 3. The molecular weight excluding hydrogens is 278 g/mol. The number of fused-ring (bicyclic) bond motifs is 2. The molecule has 2 bridgehead atoms. The summed E-state index contributed by atoms with van der Waals surface area (Å²) in [6.45, 7) is 1.53. The predicted molar refractivity (Wildman–Crippen MR) is 76.8 cm³/mol. The smallest absolute Gasteiger partial charge is 0.321 e. The first-order chi connectivity index (χ1) is 9.67. The molecule has 1 aromatic heterocycles. The molecule has 1 saturated carbocycles. The minimum Gasteiger partial charge on any atom is -0.381 e. The Bertz CT molecular complexity index is 480. The maximum absolute atomic E-state index is 12.3. The number of amides is 2. The number of nitrogens with zero attached hydrogens (tertiary/aromatic N) is 2. The van der Waals surface area contributed by atoms with Crippen LogP contribution in [0.5, 0.6) is 0 Å². The Labute approximate surface area is 123 Å². The van der Waals surface area contributed by atoms with Crippen molar-refractivity contribution in [2.75, 3.05) is 25.5 Å². The number of urea groups is 1. The Hall–Kier alpha value is -1.33. The maximum Gasteiger partial charge on any atom is 0.321 e. The third kappa shape index (κ3) is 2.60. The van der Waals surface area contributed by atoms with E-state index in [0.29, 0.717) is 28.8 Å². The summed E-state index contributed by atoms with van der Waals surface area (Å²) in [5, 5.41) is 3.28. The number of rotatable bonds is 2. The molecule has 1 saturated heterocycles. The third-order valence-corrected chi connectivity index (χ3v) is 4.51. The molecule has 0 aromatic carbocycles. The van der Waals surface area contributed by atoms with Gasteiger partial charge in [-0.15, -0.1) is 0 Å². The van der Waals surface area contributed by atoms with Gasteiger partial charge in [0.1, 0.15) is 5.15 Å². The summed E-state index contributed by atoms with van der Waals surface area (Å²) in [6.07, 6.45) is 4.18. The third-order valence-electron chi connectivity index (χ3n) is 4.29. The summed E-state index contributed by atoms with van der Waals surface area (Å²) >= 11 is 5.73. The van der Waals surface area contributed by atoms with E-state index in [1.165, 1.54) is 0 Å². The van der Waals surface area contributed by atoms with Crippen LogP contribution in [0.25, 0.3) is 0 Å². The van der Waals surface area contributed by atoms with Crippen molar-refractivity contribution in [1.82, 2.24) is 9.88 Å². The number of likely N-dealkylation sites (tertiary alicyclic amines) is 1. The molecule has 1 aromatic rings. The first-order valence-electron chi connectivity index (χ1n) is 6.87. The molecule has 3 atom stereocenters. The van der Waals surface area contributed by atoms with Crippen LogP contribution in [0, 0.1) is 11.8 Å². The van der Waals surface area contributed by atoms with Crippen molar-refractivity contribution >= 4 is 23.3 Å². The summed E-state index contributed by atoms with van der Waals surface area (Å²) in [5.41, 5.74) is 0.667. The first-order valence-corrected chi connectivity index (χ1v) is 7.25. The van der Waals surface area contributed by atoms with Gasteiger partial charge in [0.05, 0.1) is 18.0 Å². The highest BCUT2D eigenvalue weighted by Crippen LogP contribution is 2.38. The van der Waals surface area contributed by atoms with E-state index in [1.54, 1.807) is 25.4 Å². The standard InChI is InChI=1S/C14H18ClN3O2/c1-20-13-9-2-3-10(13)8-18(7-9)14(19)17-11-4-5-12(15)16-6-11/h4-6,9-10,13H,2-3,7-8H2,1H3,(H,17,19)/t9-,10+,13?. The number of methoxy groups -OCH3 is 1.